The number of rotatable bonds is 4. The largest absolute Gasteiger partial charge is 0.480 e. The number of hydrogen-bond donors (Lipinski definition) is 1. The molecule has 2 atom stereocenters. The van der Waals surface area contributed by atoms with Gasteiger partial charge in [-0.3, -0.25) is 9.59 Å². The van der Waals surface area contributed by atoms with Gasteiger partial charge in [0.15, 0.2) is 6.10 Å². The van der Waals surface area contributed by atoms with E-state index in [0.717, 1.165) is 30.7 Å². The Labute approximate surface area is 143 Å². The Balaban J connectivity index is 1.53. The molecule has 5 heteroatoms. The van der Waals surface area contributed by atoms with Crippen molar-refractivity contribution in [2.75, 3.05) is 19.6 Å². The maximum atomic E-state index is 12.8. The molecule has 24 heavy (non-hydrogen) atoms. The van der Waals surface area contributed by atoms with E-state index in [1.807, 2.05) is 43.0 Å². The number of hydrogen-bond acceptors (Lipinski definition) is 3. The van der Waals surface area contributed by atoms with Gasteiger partial charge in [-0.1, -0.05) is 32.0 Å². The van der Waals surface area contributed by atoms with Gasteiger partial charge in [0, 0.05) is 32.0 Å². The van der Waals surface area contributed by atoms with Crippen LogP contribution in [0.15, 0.2) is 24.3 Å². The van der Waals surface area contributed by atoms with Crippen molar-refractivity contribution >= 4 is 11.8 Å². The Hall–Kier alpha value is -2.04. The monoisotopic (exact) mass is 330 g/mol. The Kier molecular flexibility index (Phi) is 5.07. The molecule has 1 aromatic carbocycles. The van der Waals surface area contributed by atoms with Gasteiger partial charge >= 0.3 is 0 Å². The van der Waals surface area contributed by atoms with Gasteiger partial charge in [0.25, 0.3) is 5.91 Å². The van der Waals surface area contributed by atoms with Gasteiger partial charge in [0.05, 0.1) is 0 Å². The van der Waals surface area contributed by atoms with Crippen LogP contribution in [0.25, 0.3) is 0 Å². The average molecular weight is 330 g/mol. The predicted octanol–water partition coefficient (Wildman–Crippen LogP) is 2.00. The van der Waals surface area contributed by atoms with Crippen LogP contribution >= 0.6 is 0 Å². The van der Waals surface area contributed by atoms with Gasteiger partial charge in [-0.15, -0.1) is 0 Å². The van der Waals surface area contributed by atoms with E-state index in [2.05, 4.69) is 5.32 Å². The fourth-order valence-corrected chi connectivity index (χ4v) is 3.40. The van der Waals surface area contributed by atoms with Crippen molar-refractivity contribution in [2.24, 2.45) is 11.8 Å². The van der Waals surface area contributed by atoms with E-state index in [9.17, 15) is 9.59 Å². The van der Waals surface area contributed by atoms with Crippen molar-refractivity contribution in [1.29, 1.82) is 0 Å². The van der Waals surface area contributed by atoms with E-state index < -0.39 is 6.10 Å². The molecule has 1 N–H and O–H groups in total. The predicted molar refractivity (Wildman–Crippen MR) is 91.7 cm³/mol. The first-order valence-corrected chi connectivity index (χ1v) is 8.85. The van der Waals surface area contributed by atoms with Gasteiger partial charge in [0.2, 0.25) is 5.91 Å². The summed E-state index contributed by atoms with van der Waals surface area (Å²) in [5, 5.41) is 2.99. The number of piperidine rings is 1. The standard InChI is InChI=1S/C19H26N2O3/c1-13(2)18(22)20-11-14-6-5-9-21(12-14)19(23)17-10-15-7-3-4-8-16(15)24-17/h3-4,7-8,13-14,17H,5-6,9-12H2,1-2H3,(H,20,22)/t14-,17-/m0/s1. The summed E-state index contributed by atoms with van der Waals surface area (Å²) < 4.78 is 5.83. The lowest BCUT2D eigenvalue weighted by Crippen LogP contribution is -2.48. The maximum Gasteiger partial charge on any atom is 0.264 e. The Morgan fingerprint density at radius 2 is 2.12 bits per heavy atom. The summed E-state index contributed by atoms with van der Waals surface area (Å²) in [6.45, 7) is 5.91. The number of fused-ring (bicyclic) bond motifs is 1. The number of carbonyl (C=O) groups is 2. The van der Waals surface area contributed by atoms with Crippen LogP contribution in [0.5, 0.6) is 5.75 Å². The summed E-state index contributed by atoms with van der Waals surface area (Å²) in [5.41, 5.74) is 1.11. The molecule has 2 amide bonds. The second kappa shape index (κ2) is 7.24. The molecular formula is C19H26N2O3. The highest BCUT2D eigenvalue weighted by Crippen LogP contribution is 2.29. The minimum Gasteiger partial charge on any atom is -0.480 e. The molecule has 3 rings (SSSR count). The molecule has 0 saturated carbocycles. The van der Waals surface area contributed by atoms with Gasteiger partial charge in [-0.2, -0.15) is 0 Å². The third-order valence-electron chi connectivity index (χ3n) is 4.84. The molecule has 0 aliphatic carbocycles. The van der Waals surface area contributed by atoms with Gasteiger partial charge in [0.1, 0.15) is 5.75 Å². The molecule has 2 heterocycles. The molecule has 130 valence electrons. The highest BCUT2D eigenvalue weighted by atomic mass is 16.5. The van der Waals surface area contributed by atoms with E-state index in [0.29, 0.717) is 25.4 Å². The Morgan fingerprint density at radius 3 is 2.88 bits per heavy atom. The van der Waals surface area contributed by atoms with Crippen LogP contribution in [0, 0.1) is 11.8 Å². The number of nitrogens with one attached hydrogen (secondary N) is 1. The molecule has 0 radical (unpaired) electrons. The lowest BCUT2D eigenvalue weighted by molar-refractivity contribution is -0.139. The summed E-state index contributed by atoms with van der Waals surface area (Å²) in [4.78, 5) is 26.4. The number of ether oxygens (including phenoxy) is 1. The van der Waals surface area contributed by atoms with Gasteiger partial charge in [-0.05, 0) is 30.4 Å². The Morgan fingerprint density at radius 1 is 1.33 bits per heavy atom. The van der Waals surface area contributed by atoms with Crippen LogP contribution in [0.2, 0.25) is 0 Å². The summed E-state index contributed by atoms with van der Waals surface area (Å²) in [6.07, 6.45) is 2.29. The zero-order chi connectivity index (χ0) is 17.1. The number of carbonyl (C=O) groups excluding carboxylic acids is 2. The third kappa shape index (κ3) is 3.71. The zero-order valence-corrected chi connectivity index (χ0v) is 14.5. The lowest BCUT2D eigenvalue weighted by atomic mass is 9.97. The van der Waals surface area contributed by atoms with Crippen molar-refractivity contribution in [2.45, 2.75) is 39.2 Å². The SMILES string of the molecule is CC(C)C(=O)NC[C@@H]1CCCN(C(=O)[C@@H]2Cc3ccccc3O2)C1. The minimum absolute atomic E-state index is 0.00304. The first-order chi connectivity index (χ1) is 11.5. The van der Waals surface area contributed by atoms with Crippen LogP contribution < -0.4 is 10.1 Å². The van der Waals surface area contributed by atoms with Crippen molar-refractivity contribution in [3.63, 3.8) is 0 Å². The summed E-state index contributed by atoms with van der Waals surface area (Å²) in [5.74, 6) is 1.30. The number of amides is 2. The molecule has 1 fully saturated rings. The molecule has 5 nitrogen and oxygen atoms in total. The maximum absolute atomic E-state index is 12.8. The molecule has 0 unspecified atom stereocenters. The minimum atomic E-state index is -0.397. The lowest BCUT2D eigenvalue weighted by Gasteiger charge is -2.34. The van der Waals surface area contributed by atoms with Crippen LogP contribution in [-0.4, -0.2) is 42.5 Å². The fraction of sp³-hybridized carbons (Fsp3) is 0.579. The quantitative estimate of drug-likeness (QED) is 0.919. The van der Waals surface area contributed by atoms with Crippen molar-refractivity contribution in [3.05, 3.63) is 29.8 Å². The van der Waals surface area contributed by atoms with E-state index >= 15 is 0 Å². The van der Waals surface area contributed by atoms with Crippen LogP contribution in [0.3, 0.4) is 0 Å². The first kappa shape index (κ1) is 16.8. The molecule has 2 aliphatic heterocycles. The van der Waals surface area contributed by atoms with Crippen LogP contribution in [0.4, 0.5) is 0 Å². The number of likely N-dealkylation sites (tertiary alicyclic amines) is 1. The summed E-state index contributed by atoms with van der Waals surface area (Å²) in [7, 11) is 0. The van der Waals surface area contributed by atoms with Crippen LogP contribution in [-0.2, 0) is 16.0 Å². The summed E-state index contributed by atoms with van der Waals surface area (Å²) in [6, 6.07) is 7.84. The number of nitrogens with zero attached hydrogens (tertiary/aromatic N) is 1. The molecule has 1 saturated heterocycles. The molecule has 0 bridgehead atoms. The molecule has 0 aromatic heterocycles. The van der Waals surface area contributed by atoms with Gasteiger partial charge in [-0.25, -0.2) is 0 Å². The van der Waals surface area contributed by atoms with E-state index in [1.165, 1.54) is 0 Å². The third-order valence-corrected chi connectivity index (χ3v) is 4.84. The van der Waals surface area contributed by atoms with E-state index in [4.69, 9.17) is 4.74 Å². The second-order valence-corrected chi connectivity index (χ2v) is 7.11. The molecule has 2 aliphatic rings. The second-order valence-electron chi connectivity index (χ2n) is 7.11. The Bertz CT molecular complexity index is 589. The van der Waals surface area contributed by atoms with E-state index in [1.54, 1.807) is 0 Å². The normalized spacial score (nSPS) is 22.9. The summed E-state index contributed by atoms with van der Waals surface area (Å²) >= 11 is 0. The number of benzene rings is 1. The zero-order valence-electron chi connectivity index (χ0n) is 14.5. The van der Waals surface area contributed by atoms with E-state index in [-0.39, 0.29) is 17.7 Å². The average Bonchev–Trinajstić information content (AvgIpc) is 3.03. The van der Waals surface area contributed by atoms with Crippen molar-refractivity contribution in [3.8, 4) is 5.75 Å². The molecule has 0 spiro atoms. The van der Waals surface area contributed by atoms with Crippen LogP contribution in [0.1, 0.15) is 32.3 Å². The van der Waals surface area contributed by atoms with Gasteiger partial charge < -0.3 is 15.0 Å². The molecule has 1 aromatic rings. The first-order valence-electron chi connectivity index (χ1n) is 8.85. The smallest absolute Gasteiger partial charge is 0.264 e. The fourth-order valence-electron chi connectivity index (χ4n) is 3.40. The highest BCUT2D eigenvalue weighted by Gasteiger charge is 2.34. The topological polar surface area (TPSA) is 58.6 Å². The highest BCUT2D eigenvalue weighted by molar-refractivity contribution is 5.82. The van der Waals surface area contributed by atoms with Crippen molar-refractivity contribution in [1.82, 2.24) is 10.2 Å². The van der Waals surface area contributed by atoms with Crippen molar-refractivity contribution < 1.29 is 14.3 Å². The number of para-hydroxylation sites is 1. The molecular weight excluding hydrogens is 304 g/mol.